The molecule has 0 bridgehead atoms. The van der Waals surface area contributed by atoms with Crippen molar-refractivity contribution in [2.75, 3.05) is 30.0 Å². The van der Waals surface area contributed by atoms with E-state index >= 15 is 0 Å². The molecule has 3 N–H and O–H groups in total. The van der Waals surface area contributed by atoms with Crippen LogP contribution in [0, 0.1) is 9.39 Å². The summed E-state index contributed by atoms with van der Waals surface area (Å²) in [6.45, 7) is 0. The Labute approximate surface area is 125 Å². The third-order valence-corrected chi connectivity index (χ3v) is 3.58. The monoisotopic (exact) mass is 371 g/mol. The maximum Gasteiger partial charge on any atom is 0.138 e. The highest BCUT2D eigenvalue weighted by Gasteiger charge is 2.06. The molecule has 0 heterocycles. The first-order valence-corrected chi connectivity index (χ1v) is 6.84. The quantitative estimate of drug-likeness (QED) is 0.637. The molecular weight excluding hydrogens is 356 g/mol. The van der Waals surface area contributed by atoms with Crippen molar-refractivity contribution < 1.29 is 4.39 Å². The smallest absolute Gasteiger partial charge is 0.138 e. The summed E-state index contributed by atoms with van der Waals surface area (Å²) >= 11 is 1.92. The van der Waals surface area contributed by atoms with Gasteiger partial charge in [-0.25, -0.2) is 4.39 Å². The molecule has 0 saturated carbocycles. The van der Waals surface area contributed by atoms with Crippen LogP contribution in [-0.4, -0.2) is 14.1 Å². The van der Waals surface area contributed by atoms with Gasteiger partial charge in [-0.05, 0) is 52.9 Å². The number of rotatable bonds is 3. The van der Waals surface area contributed by atoms with Crippen LogP contribution in [0.2, 0.25) is 0 Å². The maximum atomic E-state index is 13.5. The Morgan fingerprint density at radius 3 is 2.37 bits per heavy atom. The Bertz CT molecular complexity index is 582. The Morgan fingerprint density at radius 2 is 1.79 bits per heavy atom. The van der Waals surface area contributed by atoms with Crippen LogP contribution in [0.25, 0.3) is 0 Å². The number of nitrogen functional groups attached to an aromatic ring is 1. The molecule has 0 fully saturated rings. The first-order chi connectivity index (χ1) is 8.97. The number of nitrogens with two attached hydrogens (primary N) is 1. The van der Waals surface area contributed by atoms with E-state index in [9.17, 15) is 4.39 Å². The molecular formula is C14H15FIN3. The second-order valence-corrected chi connectivity index (χ2v) is 5.58. The van der Waals surface area contributed by atoms with E-state index in [1.807, 2.05) is 65.9 Å². The molecule has 3 nitrogen and oxygen atoms in total. The number of nitrogens with zero attached hydrogens (tertiary/aromatic N) is 1. The fourth-order valence-electron chi connectivity index (χ4n) is 1.67. The summed E-state index contributed by atoms with van der Waals surface area (Å²) in [6.07, 6.45) is 0. The van der Waals surface area contributed by atoms with E-state index in [0.717, 1.165) is 11.4 Å². The number of anilines is 4. The molecule has 100 valence electrons. The van der Waals surface area contributed by atoms with E-state index in [2.05, 4.69) is 5.32 Å². The lowest BCUT2D eigenvalue weighted by atomic mass is 10.2. The molecule has 0 saturated heterocycles. The van der Waals surface area contributed by atoms with Gasteiger partial charge in [0.05, 0.1) is 14.9 Å². The van der Waals surface area contributed by atoms with Crippen LogP contribution in [-0.2, 0) is 0 Å². The van der Waals surface area contributed by atoms with Gasteiger partial charge in [-0.1, -0.05) is 0 Å². The molecule has 0 radical (unpaired) electrons. The number of nitrogens with one attached hydrogen (secondary N) is 1. The molecule has 19 heavy (non-hydrogen) atoms. The average Bonchev–Trinajstić information content (AvgIpc) is 2.36. The van der Waals surface area contributed by atoms with Gasteiger partial charge in [0, 0.05) is 31.5 Å². The topological polar surface area (TPSA) is 41.3 Å². The van der Waals surface area contributed by atoms with Crippen LogP contribution < -0.4 is 16.0 Å². The van der Waals surface area contributed by atoms with Crippen LogP contribution in [0.3, 0.4) is 0 Å². The molecule has 5 heteroatoms. The van der Waals surface area contributed by atoms with E-state index in [0.29, 0.717) is 14.9 Å². The van der Waals surface area contributed by atoms with E-state index < -0.39 is 0 Å². The van der Waals surface area contributed by atoms with Crippen molar-refractivity contribution in [2.45, 2.75) is 0 Å². The van der Waals surface area contributed by atoms with E-state index in [1.54, 1.807) is 6.07 Å². The molecule has 0 aliphatic rings. The molecule has 2 aromatic carbocycles. The van der Waals surface area contributed by atoms with Crippen LogP contribution in [0.1, 0.15) is 0 Å². The lowest BCUT2D eigenvalue weighted by Gasteiger charge is -2.14. The van der Waals surface area contributed by atoms with Crippen molar-refractivity contribution in [2.24, 2.45) is 0 Å². The van der Waals surface area contributed by atoms with Crippen LogP contribution in [0.4, 0.5) is 27.1 Å². The fourth-order valence-corrected chi connectivity index (χ4v) is 2.16. The Morgan fingerprint density at radius 1 is 1.16 bits per heavy atom. The minimum absolute atomic E-state index is 0.276. The Balaban J connectivity index is 2.24. The summed E-state index contributed by atoms with van der Waals surface area (Å²) < 4.78 is 14.0. The van der Waals surface area contributed by atoms with Gasteiger partial charge in [-0.15, -0.1) is 0 Å². The van der Waals surface area contributed by atoms with Crippen molar-refractivity contribution in [3.05, 3.63) is 45.8 Å². The highest BCUT2D eigenvalue weighted by atomic mass is 127. The second kappa shape index (κ2) is 5.64. The largest absolute Gasteiger partial charge is 0.397 e. The predicted molar refractivity (Wildman–Crippen MR) is 87.6 cm³/mol. The highest BCUT2D eigenvalue weighted by Crippen LogP contribution is 2.27. The molecule has 0 atom stereocenters. The SMILES string of the molecule is CN(C)c1ccc(Nc2cc(F)c(I)cc2N)cc1. The average molecular weight is 371 g/mol. The van der Waals surface area contributed by atoms with E-state index in [4.69, 9.17) is 5.73 Å². The van der Waals surface area contributed by atoms with Gasteiger partial charge in [0.1, 0.15) is 5.82 Å². The maximum absolute atomic E-state index is 13.5. The zero-order valence-corrected chi connectivity index (χ0v) is 12.9. The van der Waals surface area contributed by atoms with Crippen molar-refractivity contribution in [3.8, 4) is 0 Å². The normalized spacial score (nSPS) is 10.3. The number of benzene rings is 2. The van der Waals surface area contributed by atoms with Gasteiger partial charge in [-0.2, -0.15) is 0 Å². The van der Waals surface area contributed by atoms with Gasteiger partial charge < -0.3 is 16.0 Å². The number of hydrogen-bond donors (Lipinski definition) is 2. The Hall–Kier alpha value is -1.50. The van der Waals surface area contributed by atoms with Gasteiger partial charge in [0.15, 0.2) is 0 Å². The van der Waals surface area contributed by atoms with Crippen molar-refractivity contribution in [3.63, 3.8) is 0 Å². The minimum Gasteiger partial charge on any atom is -0.397 e. The van der Waals surface area contributed by atoms with Gasteiger partial charge >= 0.3 is 0 Å². The van der Waals surface area contributed by atoms with Gasteiger partial charge in [-0.3, -0.25) is 0 Å². The van der Waals surface area contributed by atoms with E-state index in [-0.39, 0.29) is 5.82 Å². The molecule has 0 spiro atoms. The summed E-state index contributed by atoms with van der Waals surface area (Å²) in [5, 5.41) is 3.12. The summed E-state index contributed by atoms with van der Waals surface area (Å²) in [5.41, 5.74) is 8.96. The molecule has 0 aliphatic carbocycles. The van der Waals surface area contributed by atoms with Crippen molar-refractivity contribution in [1.82, 2.24) is 0 Å². The fraction of sp³-hybridized carbons (Fsp3) is 0.143. The van der Waals surface area contributed by atoms with Crippen LogP contribution >= 0.6 is 22.6 Å². The third kappa shape index (κ3) is 3.28. The molecule has 2 rings (SSSR count). The van der Waals surface area contributed by atoms with Crippen LogP contribution in [0.15, 0.2) is 36.4 Å². The zero-order valence-electron chi connectivity index (χ0n) is 10.7. The Kier molecular flexibility index (Phi) is 4.14. The van der Waals surface area contributed by atoms with Crippen molar-refractivity contribution >= 4 is 45.3 Å². The van der Waals surface area contributed by atoms with Crippen molar-refractivity contribution in [1.29, 1.82) is 0 Å². The standard InChI is InChI=1S/C14H15FIN3/c1-19(2)10-5-3-9(4-6-10)18-14-7-11(15)12(16)8-13(14)17/h3-8,18H,17H2,1-2H3. The van der Waals surface area contributed by atoms with Gasteiger partial charge in [0.25, 0.3) is 0 Å². The predicted octanol–water partition coefficient (Wildman–Crippen LogP) is 3.82. The molecule has 0 unspecified atom stereocenters. The van der Waals surface area contributed by atoms with Gasteiger partial charge in [0.2, 0.25) is 0 Å². The highest BCUT2D eigenvalue weighted by molar-refractivity contribution is 14.1. The lowest BCUT2D eigenvalue weighted by Crippen LogP contribution is -2.08. The zero-order chi connectivity index (χ0) is 14.0. The second-order valence-electron chi connectivity index (χ2n) is 4.42. The number of halogens is 2. The summed E-state index contributed by atoms with van der Waals surface area (Å²) in [7, 11) is 3.96. The first-order valence-electron chi connectivity index (χ1n) is 5.76. The molecule has 0 aliphatic heterocycles. The van der Waals surface area contributed by atoms with Crippen LogP contribution in [0.5, 0.6) is 0 Å². The summed E-state index contributed by atoms with van der Waals surface area (Å²) in [4.78, 5) is 2.02. The summed E-state index contributed by atoms with van der Waals surface area (Å²) in [6, 6.07) is 10.9. The first kappa shape index (κ1) is 13.9. The molecule has 0 aromatic heterocycles. The molecule has 0 amide bonds. The summed E-state index contributed by atoms with van der Waals surface area (Å²) in [5.74, 6) is -0.276. The third-order valence-electron chi connectivity index (χ3n) is 2.76. The molecule has 2 aromatic rings. The van der Waals surface area contributed by atoms with E-state index in [1.165, 1.54) is 6.07 Å². The lowest BCUT2D eigenvalue weighted by molar-refractivity contribution is 0.621. The minimum atomic E-state index is -0.276. The number of hydrogen-bond acceptors (Lipinski definition) is 3.